The van der Waals surface area contributed by atoms with Gasteiger partial charge in [-0.2, -0.15) is 0 Å². The minimum atomic E-state index is -1.38. The number of ether oxygens (including phenoxy) is 1. The van der Waals surface area contributed by atoms with E-state index in [4.69, 9.17) is 14.9 Å². The van der Waals surface area contributed by atoms with E-state index in [-0.39, 0.29) is 24.5 Å². The predicted molar refractivity (Wildman–Crippen MR) is 268 cm³/mol. The first-order valence-electron chi connectivity index (χ1n) is 26.2. The molecular formula is C55H96N2O7. The van der Waals surface area contributed by atoms with Gasteiger partial charge >= 0.3 is 11.9 Å². The van der Waals surface area contributed by atoms with E-state index in [0.717, 1.165) is 96.3 Å². The van der Waals surface area contributed by atoms with Crippen molar-refractivity contribution >= 4 is 23.8 Å². The highest BCUT2D eigenvalue weighted by molar-refractivity contribution is 5.87. The molecule has 4 N–H and O–H groups in total. The summed E-state index contributed by atoms with van der Waals surface area (Å²) in [6.07, 6.45) is 61.1. The van der Waals surface area contributed by atoms with Gasteiger partial charge in [0, 0.05) is 12.8 Å². The van der Waals surface area contributed by atoms with Crippen LogP contribution in [0.3, 0.4) is 0 Å². The standard InChI is InChI=1S/C55H96N2O7/c1-3-5-7-9-11-13-15-17-18-19-20-21-22-23-24-25-26-28-30-32-34-39-43-47-54(61)64-50(44-40-36-33-31-29-27-16-14-12-10-8-6-4-2)45-41-37-35-38-42-46-52(59)56-48-53(60)57-51(49-58)55(62)63/h5,7,11,13,17-18,20-21,23-24,50-51,58H,3-4,6,8-10,12,14-16,19,22,25-49H2,1-2H3,(H,56,59)(H,57,60)(H,62,63)/b7-5-,13-11-,18-17-,21-20-,24-23-. The summed E-state index contributed by atoms with van der Waals surface area (Å²) in [5, 5.41) is 22.6. The molecule has 0 aliphatic heterocycles. The minimum absolute atomic E-state index is 0.0216. The third-order valence-corrected chi connectivity index (χ3v) is 11.5. The molecule has 0 saturated heterocycles. The van der Waals surface area contributed by atoms with E-state index >= 15 is 0 Å². The highest BCUT2D eigenvalue weighted by Gasteiger charge is 2.19. The summed E-state index contributed by atoms with van der Waals surface area (Å²) in [5.74, 6) is -2.29. The molecular weight excluding hydrogens is 801 g/mol. The summed E-state index contributed by atoms with van der Waals surface area (Å²) in [7, 11) is 0. The van der Waals surface area contributed by atoms with Crippen LogP contribution >= 0.6 is 0 Å². The molecule has 0 aliphatic rings. The summed E-state index contributed by atoms with van der Waals surface area (Å²) in [4.78, 5) is 47.8. The Hall–Kier alpha value is -3.46. The molecule has 0 aliphatic carbocycles. The molecule has 0 aromatic carbocycles. The number of nitrogens with one attached hydrogen (secondary N) is 2. The average Bonchev–Trinajstić information content (AvgIpc) is 3.28. The van der Waals surface area contributed by atoms with Crippen LogP contribution in [0.15, 0.2) is 60.8 Å². The van der Waals surface area contributed by atoms with E-state index in [9.17, 15) is 19.2 Å². The number of aliphatic hydroxyl groups excluding tert-OH is 1. The molecule has 9 heteroatoms. The molecule has 0 saturated carbocycles. The number of aliphatic carboxylic acids is 1. The van der Waals surface area contributed by atoms with Gasteiger partial charge < -0.3 is 25.6 Å². The van der Waals surface area contributed by atoms with Crippen LogP contribution in [0.1, 0.15) is 239 Å². The normalized spacial score (nSPS) is 12.9. The van der Waals surface area contributed by atoms with Gasteiger partial charge in [0.05, 0.1) is 13.2 Å². The molecule has 64 heavy (non-hydrogen) atoms. The van der Waals surface area contributed by atoms with E-state index in [1.807, 2.05) is 0 Å². The lowest BCUT2D eigenvalue weighted by molar-refractivity contribution is -0.150. The first-order chi connectivity index (χ1) is 31.3. The molecule has 2 atom stereocenters. The molecule has 0 bridgehead atoms. The molecule has 368 valence electrons. The lowest BCUT2D eigenvalue weighted by Gasteiger charge is -2.18. The van der Waals surface area contributed by atoms with Crippen molar-refractivity contribution in [3.63, 3.8) is 0 Å². The van der Waals surface area contributed by atoms with E-state index < -0.39 is 24.5 Å². The number of unbranched alkanes of at least 4 members (excludes halogenated alkanes) is 23. The first kappa shape index (κ1) is 60.5. The van der Waals surface area contributed by atoms with Gasteiger partial charge in [-0.25, -0.2) is 4.79 Å². The van der Waals surface area contributed by atoms with Crippen molar-refractivity contribution in [2.45, 2.75) is 251 Å². The Morgan fingerprint density at radius 2 is 0.891 bits per heavy atom. The molecule has 0 heterocycles. The van der Waals surface area contributed by atoms with E-state index in [1.165, 1.54) is 109 Å². The van der Waals surface area contributed by atoms with Crippen molar-refractivity contribution < 1.29 is 34.1 Å². The Morgan fingerprint density at radius 1 is 0.484 bits per heavy atom. The number of carbonyl (C=O) groups excluding carboxylic acids is 3. The maximum atomic E-state index is 12.9. The Kier molecular flexibility index (Phi) is 46.3. The third-order valence-electron chi connectivity index (χ3n) is 11.5. The van der Waals surface area contributed by atoms with Gasteiger partial charge in [0.2, 0.25) is 11.8 Å². The fraction of sp³-hybridized carbons (Fsp3) is 0.745. The second-order valence-corrected chi connectivity index (χ2v) is 17.6. The molecule has 0 fully saturated rings. The number of hydrogen-bond acceptors (Lipinski definition) is 6. The maximum Gasteiger partial charge on any atom is 0.328 e. The number of amides is 2. The lowest BCUT2D eigenvalue weighted by Crippen LogP contribution is -2.47. The van der Waals surface area contributed by atoms with Crippen LogP contribution in [-0.4, -0.2) is 59.3 Å². The third kappa shape index (κ3) is 45.1. The second kappa shape index (κ2) is 49.0. The molecule has 0 aromatic rings. The zero-order chi connectivity index (χ0) is 46.8. The lowest BCUT2D eigenvalue weighted by atomic mass is 10.0. The van der Waals surface area contributed by atoms with Gasteiger partial charge in [0.1, 0.15) is 12.1 Å². The Morgan fingerprint density at radius 3 is 1.34 bits per heavy atom. The number of esters is 1. The van der Waals surface area contributed by atoms with Crippen LogP contribution in [0.2, 0.25) is 0 Å². The number of aliphatic hydroxyl groups is 1. The zero-order valence-electron chi connectivity index (χ0n) is 41.0. The highest BCUT2D eigenvalue weighted by atomic mass is 16.5. The molecule has 2 amide bonds. The summed E-state index contributed by atoms with van der Waals surface area (Å²) >= 11 is 0. The monoisotopic (exact) mass is 897 g/mol. The van der Waals surface area contributed by atoms with Crippen LogP contribution in [0, 0.1) is 0 Å². The van der Waals surface area contributed by atoms with Crippen LogP contribution in [0.5, 0.6) is 0 Å². The molecule has 9 nitrogen and oxygen atoms in total. The van der Waals surface area contributed by atoms with Crippen molar-refractivity contribution in [1.29, 1.82) is 0 Å². The van der Waals surface area contributed by atoms with E-state index in [1.54, 1.807) is 0 Å². The number of allylic oxidation sites excluding steroid dienone is 10. The smallest absolute Gasteiger partial charge is 0.328 e. The summed E-state index contributed by atoms with van der Waals surface area (Å²) in [5.41, 5.74) is 0. The molecule has 0 aromatic heterocycles. The molecule has 0 rings (SSSR count). The van der Waals surface area contributed by atoms with E-state index in [2.05, 4.69) is 85.2 Å². The van der Waals surface area contributed by atoms with Crippen LogP contribution in [0.25, 0.3) is 0 Å². The number of carboxylic acids is 1. The van der Waals surface area contributed by atoms with Gasteiger partial charge in [0.25, 0.3) is 0 Å². The van der Waals surface area contributed by atoms with Gasteiger partial charge in [-0.15, -0.1) is 0 Å². The fourth-order valence-corrected chi connectivity index (χ4v) is 7.57. The van der Waals surface area contributed by atoms with E-state index in [0.29, 0.717) is 19.3 Å². The number of rotatable bonds is 47. The first-order valence-corrected chi connectivity index (χ1v) is 26.2. The largest absolute Gasteiger partial charge is 0.480 e. The van der Waals surface area contributed by atoms with Crippen LogP contribution in [-0.2, 0) is 23.9 Å². The zero-order valence-corrected chi connectivity index (χ0v) is 41.0. The summed E-state index contributed by atoms with van der Waals surface area (Å²) in [6, 6.07) is -1.38. The number of carboxylic acid groups (broad SMARTS) is 1. The van der Waals surface area contributed by atoms with Crippen molar-refractivity contribution in [1.82, 2.24) is 10.6 Å². The molecule has 2 unspecified atom stereocenters. The average molecular weight is 897 g/mol. The van der Waals surface area contributed by atoms with Crippen molar-refractivity contribution in [2.75, 3.05) is 13.2 Å². The SMILES string of the molecule is CC/C=C\C/C=C\C/C=C\C/C=C\C/C=C\CCCCCCCCCC(=O)OC(CCCCCCCCCCCCCCC)CCCCCCCC(=O)NCC(=O)NC(CO)C(=O)O. The number of carbonyl (C=O) groups is 4. The Balaban J connectivity index is 4.28. The van der Waals surface area contributed by atoms with Gasteiger partial charge in [0.15, 0.2) is 0 Å². The summed E-state index contributed by atoms with van der Waals surface area (Å²) < 4.78 is 6.07. The van der Waals surface area contributed by atoms with Crippen LogP contribution in [0.4, 0.5) is 0 Å². The topological polar surface area (TPSA) is 142 Å². The quantitative estimate of drug-likeness (QED) is 0.0271. The van der Waals surface area contributed by atoms with Gasteiger partial charge in [-0.3, -0.25) is 14.4 Å². The van der Waals surface area contributed by atoms with Crippen LogP contribution < -0.4 is 10.6 Å². The second-order valence-electron chi connectivity index (χ2n) is 17.6. The Bertz CT molecular complexity index is 1260. The minimum Gasteiger partial charge on any atom is -0.480 e. The van der Waals surface area contributed by atoms with Crippen molar-refractivity contribution in [2.24, 2.45) is 0 Å². The van der Waals surface area contributed by atoms with Crippen molar-refractivity contribution in [3.8, 4) is 0 Å². The predicted octanol–water partition coefficient (Wildman–Crippen LogP) is 14.1. The Labute approximate surface area is 391 Å². The van der Waals surface area contributed by atoms with Gasteiger partial charge in [-0.1, -0.05) is 203 Å². The number of hydrogen-bond donors (Lipinski definition) is 4. The van der Waals surface area contributed by atoms with Gasteiger partial charge in [-0.05, 0) is 83.5 Å². The maximum absolute atomic E-state index is 12.9. The summed E-state index contributed by atoms with van der Waals surface area (Å²) in [6.45, 7) is 3.39. The highest BCUT2D eigenvalue weighted by Crippen LogP contribution is 2.19. The molecule has 0 radical (unpaired) electrons. The van der Waals surface area contributed by atoms with Crippen molar-refractivity contribution in [3.05, 3.63) is 60.8 Å². The fourth-order valence-electron chi connectivity index (χ4n) is 7.57. The molecule has 0 spiro atoms.